The van der Waals surface area contributed by atoms with Gasteiger partial charge in [-0.15, -0.1) is 0 Å². The van der Waals surface area contributed by atoms with Crippen LogP contribution in [0.3, 0.4) is 0 Å². The van der Waals surface area contributed by atoms with Crippen LogP contribution in [0.4, 0.5) is 13.2 Å². The van der Waals surface area contributed by atoms with Gasteiger partial charge in [0.2, 0.25) is 5.78 Å². The van der Waals surface area contributed by atoms with Crippen LogP contribution in [0.2, 0.25) is 0 Å². The van der Waals surface area contributed by atoms with Crippen molar-refractivity contribution in [3.8, 4) is 0 Å². The lowest BCUT2D eigenvalue weighted by Gasteiger charge is -2.19. The van der Waals surface area contributed by atoms with Crippen molar-refractivity contribution in [3.63, 3.8) is 0 Å². The van der Waals surface area contributed by atoms with Gasteiger partial charge < -0.3 is 4.74 Å². The molecule has 0 heterocycles. The van der Waals surface area contributed by atoms with Gasteiger partial charge in [0.15, 0.2) is 6.10 Å². The predicted octanol–water partition coefficient (Wildman–Crippen LogP) is 5.43. The van der Waals surface area contributed by atoms with Gasteiger partial charge in [0.1, 0.15) is 0 Å². The number of esters is 1. The number of ketones is 1. The minimum atomic E-state index is -4.48. The Bertz CT molecular complexity index is 814. The van der Waals surface area contributed by atoms with Crippen LogP contribution in [-0.2, 0) is 16.3 Å². The molecule has 0 amide bonds. The Hall–Kier alpha value is -2.63. The zero-order valence-corrected chi connectivity index (χ0v) is 15.6. The maximum absolute atomic E-state index is 12.6. The van der Waals surface area contributed by atoms with Gasteiger partial charge in [0.05, 0.1) is 11.1 Å². The molecule has 0 spiro atoms. The molecule has 0 saturated carbocycles. The van der Waals surface area contributed by atoms with Gasteiger partial charge in [0.25, 0.3) is 0 Å². The summed E-state index contributed by atoms with van der Waals surface area (Å²) in [5.41, 5.74) is 0.499. The van der Waals surface area contributed by atoms with E-state index in [2.05, 4.69) is 20.8 Å². The number of Topliss-reactive ketones (excluding diaryl/α,β-unsaturated/α-hetero) is 1. The summed E-state index contributed by atoms with van der Waals surface area (Å²) in [5.74, 6) is -1.23. The molecule has 6 heteroatoms. The van der Waals surface area contributed by atoms with Crippen molar-refractivity contribution in [1.82, 2.24) is 0 Å². The summed E-state index contributed by atoms with van der Waals surface area (Å²) in [7, 11) is 0. The van der Waals surface area contributed by atoms with Gasteiger partial charge in [-0.3, -0.25) is 4.79 Å². The lowest BCUT2D eigenvalue weighted by atomic mass is 9.86. The summed E-state index contributed by atoms with van der Waals surface area (Å²) in [6, 6.07) is 10.7. The molecule has 0 aliphatic rings. The molecule has 0 aliphatic heterocycles. The summed E-state index contributed by atoms with van der Waals surface area (Å²) in [6.45, 7) is 7.59. The molecule has 0 bridgehead atoms. The molecule has 2 aromatic rings. The van der Waals surface area contributed by atoms with E-state index in [9.17, 15) is 22.8 Å². The van der Waals surface area contributed by atoms with Crippen molar-refractivity contribution in [2.24, 2.45) is 0 Å². The number of hydrogen-bond donors (Lipinski definition) is 0. The van der Waals surface area contributed by atoms with Crippen LogP contribution >= 0.6 is 0 Å². The fraction of sp³-hybridized carbons (Fsp3) is 0.333. The number of carbonyl (C=O) groups excluding carboxylic acids is 2. The van der Waals surface area contributed by atoms with E-state index >= 15 is 0 Å². The normalized spacial score (nSPS) is 13.1. The number of rotatable bonds is 4. The first-order chi connectivity index (χ1) is 12.4. The molecule has 3 nitrogen and oxygen atoms in total. The molecular weight excluding hydrogens is 357 g/mol. The third-order valence-electron chi connectivity index (χ3n) is 4.14. The number of ether oxygens (including phenoxy) is 1. The first-order valence-corrected chi connectivity index (χ1v) is 8.42. The molecule has 0 fully saturated rings. The average Bonchev–Trinajstić information content (AvgIpc) is 2.59. The molecule has 0 saturated heterocycles. The largest absolute Gasteiger partial charge is 0.451 e. The first-order valence-electron chi connectivity index (χ1n) is 8.42. The fourth-order valence-electron chi connectivity index (χ4n) is 2.45. The fourth-order valence-corrected chi connectivity index (χ4v) is 2.45. The van der Waals surface area contributed by atoms with Crippen molar-refractivity contribution in [2.45, 2.75) is 45.4 Å². The summed E-state index contributed by atoms with van der Waals surface area (Å²) in [6.07, 6.45) is -5.54. The van der Waals surface area contributed by atoms with Crippen LogP contribution in [0.5, 0.6) is 0 Å². The van der Waals surface area contributed by atoms with Crippen molar-refractivity contribution in [2.75, 3.05) is 0 Å². The number of alkyl halides is 3. The second-order valence-electron chi connectivity index (χ2n) is 7.31. The highest BCUT2D eigenvalue weighted by atomic mass is 19.4. The molecule has 0 radical (unpaired) electrons. The molecule has 0 N–H and O–H groups in total. The van der Waals surface area contributed by atoms with Crippen molar-refractivity contribution < 1.29 is 27.5 Å². The van der Waals surface area contributed by atoms with Crippen LogP contribution in [0.15, 0.2) is 48.5 Å². The standard InChI is InChI=1S/C21H21F3O3/c1-13(18(25)14-5-9-16(10-6-14)20(2,3)4)27-19(26)15-7-11-17(12-8-15)21(22,23)24/h5-13H,1-4H3/t13-/m1/s1. The molecule has 2 rings (SSSR count). The van der Waals surface area contributed by atoms with E-state index in [1.807, 2.05) is 12.1 Å². The topological polar surface area (TPSA) is 43.4 Å². The second-order valence-corrected chi connectivity index (χ2v) is 7.31. The Morgan fingerprint density at radius 2 is 1.26 bits per heavy atom. The number of hydrogen-bond acceptors (Lipinski definition) is 3. The molecule has 1 atom stereocenters. The second kappa shape index (κ2) is 7.55. The van der Waals surface area contributed by atoms with E-state index in [0.717, 1.165) is 29.8 Å². The van der Waals surface area contributed by atoms with E-state index in [1.165, 1.54) is 6.92 Å². The SMILES string of the molecule is C[C@@H](OC(=O)c1ccc(C(F)(F)F)cc1)C(=O)c1ccc(C(C)(C)C)cc1. The third kappa shape index (κ3) is 5.18. The average molecular weight is 378 g/mol. The van der Waals surface area contributed by atoms with Crippen LogP contribution < -0.4 is 0 Å². The Kier molecular flexibility index (Phi) is 5.78. The van der Waals surface area contributed by atoms with Crippen molar-refractivity contribution in [1.29, 1.82) is 0 Å². The van der Waals surface area contributed by atoms with Gasteiger partial charge >= 0.3 is 12.1 Å². The minimum Gasteiger partial charge on any atom is -0.451 e. The molecule has 0 aliphatic carbocycles. The maximum Gasteiger partial charge on any atom is 0.416 e. The highest BCUT2D eigenvalue weighted by Crippen LogP contribution is 2.29. The summed E-state index contributed by atoms with van der Waals surface area (Å²) in [4.78, 5) is 24.5. The van der Waals surface area contributed by atoms with Crippen LogP contribution in [-0.4, -0.2) is 17.9 Å². The zero-order chi connectivity index (χ0) is 20.4. The quantitative estimate of drug-likeness (QED) is 0.526. The van der Waals surface area contributed by atoms with Crippen molar-refractivity contribution in [3.05, 3.63) is 70.8 Å². The van der Waals surface area contributed by atoms with Crippen LogP contribution in [0.25, 0.3) is 0 Å². The highest BCUT2D eigenvalue weighted by molar-refractivity contribution is 6.01. The van der Waals surface area contributed by atoms with E-state index < -0.39 is 23.8 Å². The smallest absolute Gasteiger partial charge is 0.416 e. The molecule has 0 unspecified atom stereocenters. The van der Waals surface area contributed by atoms with E-state index in [-0.39, 0.29) is 16.8 Å². The lowest BCUT2D eigenvalue weighted by Crippen LogP contribution is -2.24. The van der Waals surface area contributed by atoms with Crippen LogP contribution in [0, 0.1) is 0 Å². The first kappa shape index (κ1) is 20.7. The highest BCUT2D eigenvalue weighted by Gasteiger charge is 2.30. The number of halogens is 3. The van der Waals surface area contributed by atoms with Gasteiger partial charge in [-0.25, -0.2) is 4.79 Å². The monoisotopic (exact) mass is 378 g/mol. The Morgan fingerprint density at radius 1 is 0.815 bits per heavy atom. The Morgan fingerprint density at radius 3 is 1.70 bits per heavy atom. The molecule has 0 aromatic heterocycles. The molecular formula is C21H21F3O3. The number of carbonyl (C=O) groups is 2. The zero-order valence-electron chi connectivity index (χ0n) is 15.6. The lowest BCUT2D eigenvalue weighted by molar-refractivity contribution is -0.137. The summed E-state index contributed by atoms with van der Waals surface area (Å²) in [5, 5.41) is 0. The minimum absolute atomic E-state index is 0.0502. The summed E-state index contributed by atoms with van der Waals surface area (Å²) >= 11 is 0. The van der Waals surface area contributed by atoms with Crippen LogP contribution in [0.1, 0.15) is 59.5 Å². The van der Waals surface area contributed by atoms with Gasteiger partial charge in [0, 0.05) is 5.56 Å². The summed E-state index contributed by atoms with van der Waals surface area (Å²) < 4.78 is 42.8. The van der Waals surface area contributed by atoms with E-state index in [4.69, 9.17) is 4.74 Å². The maximum atomic E-state index is 12.6. The predicted molar refractivity (Wildman–Crippen MR) is 95.8 cm³/mol. The Labute approximate surface area is 156 Å². The van der Waals surface area contributed by atoms with Gasteiger partial charge in [-0.2, -0.15) is 13.2 Å². The van der Waals surface area contributed by atoms with Crippen molar-refractivity contribution >= 4 is 11.8 Å². The number of benzene rings is 2. The van der Waals surface area contributed by atoms with Gasteiger partial charge in [-0.05, 0) is 42.2 Å². The molecule has 27 heavy (non-hydrogen) atoms. The van der Waals surface area contributed by atoms with E-state index in [1.54, 1.807) is 12.1 Å². The van der Waals surface area contributed by atoms with Gasteiger partial charge in [-0.1, -0.05) is 45.0 Å². The molecule has 2 aromatic carbocycles. The Balaban J connectivity index is 2.06. The third-order valence-corrected chi connectivity index (χ3v) is 4.14. The van der Waals surface area contributed by atoms with E-state index in [0.29, 0.717) is 5.56 Å². The molecule has 144 valence electrons.